The number of nitrogens with zero attached hydrogens (tertiary/aromatic N) is 3. The number of thiazole rings is 1. The summed E-state index contributed by atoms with van der Waals surface area (Å²) in [5, 5.41) is 23.5. The normalized spacial score (nSPS) is 14.2. The highest BCUT2D eigenvalue weighted by molar-refractivity contribution is 7.89. The number of amides is 1. The fourth-order valence-corrected chi connectivity index (χ4v) is 5.82. The third-order valence-corrected chi connectivity index (χ3v) is 7.88. The molecule has 1 amide bonds. The minimum Gasteiger partial charge on any atom is -0.507 e. The Kier molecular flexibility index (Phi) is 6.45. The van der Waals surface area contributed by atoms with Gasteiger partial charge in [0, 0.05) is 25.2 Å². The maximum Gasteiger partial charge on any atom is 0.342 e. The zero-order valence-corrected chi connectivity index (χ0v) is 19.1. The number of aromatic nitrogens is 1. The molecule has 0 saturated carbocycles. The first kappa shape index (κ1) is 23.5. The highest BCUT2D eigenvalue weighted by Gasteiger charge is 2.29. The van der Waals surface area contributed by atoms with Crippen molar-refractivity contribution in [2.75, 3.05) is 25.0 Å². The summed E-state index contributed by atoms with van der Waals surface area (Å²) in [6.45, 7) is 0.0298. The third-order valence-electron chi connectivity index (χ3n) is 5.05. The van der Waals surface area contributed by atoms with Crippen molar-refractivity contribution in [2.45, 2.75) is 17.7 Å². The topological polar surface area (TPSA) is 169 Å². The molecule has 0 bridgehead atoms. The molecule has 2 heterocycles. The summed E-state index contributed by atoms with van der Waals surface area (Å²) < 4.78 is 32.1. The van der Waals surface area contributed by atoms with E-state index in [9.17, 15) is 33.2 Å². The number of nitro groups is 1. The predicted molar refractivity (Wildman–Crippen MR) is 121 cm³/mol. The van der Waals surface area contributed by atoms with Crippen LogP contribution in [0.25, 0.3) is 10.2 Å². The fourth-order valence-electron chi connectivity index (χ4n) is 3.36. The molecule has 0 aliphatic carbocycles. The molecule has 3 aromatic rings. The lowest BCUT2D eigenvalue weighted by Gasteiger charge is -2.16. The predicted octanol–water partition coefficient (Wildman–Crippen LogP) is 2.49. The number of carbonyl (C=O) groups excluding carboxylic acids is 2. The molecule has 12 nitrogen and oxygen atoms in total. The number of nitro benzene ring substituents is 1. The largest absolute Gasteiger partial charge is 0.507 e. The number of carbonyl (C=O) groups is 2. The van der Waals surface area contributed by atoms with Gasteiger partial charge >= 0.3 is 5.97 Å². The van der Waals surface area contributed by atoms with Crippen LogP contribution in [0.4, 0.5) is 10.8 Å². The summed E-state index contributed by atoms with van der Waals surface area (Å²) in [5.74, 6) is -2.30. The second-order valence-corrected chi connectivity index (χ2v) is 10.3. The highest BCUT2D eigenvalue weighted by Crippen LogP contribution is 2.29. The number of nitrogens with one attached hydrogen (secondary N) is 1. The number of hydrogen-bond acceptors (Lipinski definition) is 10. The molecule has 1 saturated heterocycles. The van der Waals surface area contributed by atoms with E-state index in [1.54, 1.807) is 0 Å². The molecule has 1 fully saturated rings. The van der Waals surface area contributed by atoms with Gasteiger partial charge in [-0.15, -0.1) is 0 Å². The Morgan fingerprint density at radius 1 is 1.21 bits per heavy atom. The number of fused-ring (bicyclic) bond motifs is 1. The number of ether oxygens (including phenoxy) is 1. The van der Waals surface area contributed by atoms with Crippen LogP contribution in [0.2, 0.25) is 0 Å². The highest BCUT2D eigenvalue weighted by atomic mass is 32.2. The van der Waals surface area contributed by atoms with E-state index in [-0.39, 0.29) is 21.3 Å². The zero-order valence-electron chi connectivity index (χ0n) is 17.5. The van der Waals surface area contributed by atoms with Gasteiger partial charge in [-0.2, -0.15) is 4.31 Å². The Morgan fingerprint density at radius 2 is 1.94 bits per heavy atom. The van der Waals surface area contributed by atoms with Crippen molar-refractivity contribution in [1.82, 2.24) is 9.29 Å². The van der Waals surface area contributed by atoms with E-state index in [1.165, 1.54) is 28.6 Å². The number of rotatable bonds is 7. The minimum atomic E-state index is -3.82. The average Bonchev–Trinajstić information content (AvgIpc) is 3.47. The molecule has 4 rings (SSSR count). The molecular weight excluding hydrogens is 488 g/mol. The minimum absolute atomic E-state index is 0.114. The van der Waals surface area contributed by atoms with Crippen LogP contribution in [0.5, 0.6) is 5.75 Å². The van der Waals surface area contributed by atoms with Gasteiger partial charge in [0.2, 0.25) is 10.0 Å². The third kappa shape index (κ3) is 4.83. The van der Waals surface area contributed by atoms with E-state index in [0.29, 0.717) is 23.3 Å². The zero-order chi connectivity index (χ0) is 24.5. The molecule has 1 aromatic heterocycles. The number of esters is 1. The number of non-ortho nitro benzene ring substituents is 1. The molecule has 1 aliphatic heterocycles. The molecule has 1 aliphatic rings. The number of hydrogen-bond donors (Lipinski definition) is 2. The first-order chi connectivity index (χ1) is 16.1. The van der Waals surface area contributed by atoms with Crippen LogP contribution >= 0.6 is 11.3 Å². The average molecular weight is 507 g/mol. The summed E-state index contributed by atoms with van der Waals surface area (Å²) in [4.78, 5) is 38.9. The Bertz CT molecular complexity index is 1400. The van der Waals surface area contributed by atoms with Crippen molar-refractivity contribution in [1.29, 1.82) is 0 Å². The lowest BCUT2D eigenvalue weighted by atomic mass is 10.2. The lowest BCUT2D eigenvalue weighted by Crippen LogP contribution is -2.28. The van der Waals surface area contributed by atoms with Crippen LogP contribution in [0.15, 0.2) is 41.3 Å². The molecule has 0 radical (unpaired) electrons. The van der Waals surface area contributed by atoms with Gasteiger partial charge in [-0.25, -0.2) is 18.2 Å². The Hall–Kier alpha value is -3.62. The summed E-state index contributed by atoms with van der Waals surface area (Å²) in [6.07, 6.45) is 1.49. The van der Waals surface area contributed by atoms with Crippen molar-refractivity contribution < 1.29 is 32.8 Å². The van der Waals surface area contributed by atoms with Crippen LogP contribution in [0.3, 0.4) is 0 Å². The van der Waals surface area contributed by atoms with E-state index in [2.05, 4.69) is 10.3 Å². The molecule has 14 heteroatoms. The molecule has 2 aromatic carbocycles. The Morgan fingerprint density at radius 3 is 2.65 bits per heavy atom. The van der Waals surface area contributed by atoms with E-state index >= 15 is 0 Å². The maximum atomic E-state index is 12.7. The van der Waals surface area contributed by atoms with E-state index in [1.807, 2.05) is 0 Å². The number of anilines is 1. The summed E-state index contributed by atoms with van der Waals surface area (Å²) in [7, 11) is -3.82. The number of aromatic hydroxyl groups is 1. The summed E-state index contributed by atoms with van der Waals surface area (Å²) >= 11 is 1.01. The van der Waals surface area contributed by atoms with Crippen LogP contribution in [-0.4, -0.2) is 59.3 Å². The molecule has 0 spiro atoms. The SMILES string of the molecule is O=C(COC(=O)c1cc(S(=O)(=O)N2CCCC2)ccc1O)Nc1nc2ccc([N+](=O)[O-])cc2s1. The van der Waals surface area contributed by atoms with Gasteiger partial charge in [-0.05, 0) is 37.1 Å². The van der Waals surface area contributed by atoms with Gasteiger partial charge in [0.05, 0.1) is 20.0 Å². The first-order valence-electron chi connectivity index (χ1n) is 10.0. The number of sulfonamides is 1. The van der Waals surface area contributed by atoms with Crippen LogP contribution in [0.1, 0.15) is 23.2 Å². The van der Waals surface area contributed by atoms with Gasteiger partial charge in [0.1, 0.15) is 11.3 Å². The van der Waals surface area contributed by atoms with Crippen molar-refractivity contribution in [3.05, 3.63) is 52.1 Å². The van der Waals surface area contributed by atoms with E-state index < -0.39 is 39.2 Å². The number of phenolic OH excluding ortho intramolecular Hbond substituents is 1. The summed E-state index contributed by atoms with van der Waals surface area (Å²) in [6, 6.07) is 7.37. The molecular formula is C20H18N4O8S2. The second kappa shape index (κ2) is 9.32. The molecule has 0 atom stereocenters. The smallest absolute Gasteiger partial charge is 0.342 e. The molecule has 34 heavy (non-hydrogen) atoms. The van der Waals surface area contributed by atoms with Crippen molar-refractivity contribution in [2.24, 2.45) is 0 Å². The van der Waals surface area contributed by atoms with Crippen molar-refractivity contribution >= 4 is 54.3 Å². The standard InChI is InChI=1S/C20H18N4O8S2/c25-16-6-4-13(34(30,31)23-7-1-2-8-23)10-14(16)19(27)32-11-18(26)22-20-21-15-5-3-12(24(28)29)9-17(15)33-20/h3-6,9-10,25H,1-2,7-8,11H2,(H,21,22,26). The summed E-state index contributed by atoms with van der Waals surface area (Å²) in [5.41, 5.74) is -0.0547. The quantitative estimate of drug-likeness (QED) is 0.278. The van der Waals surface area contributed by atoms with Gasteiger partial charge in [-0.3, -0.25) is 20.2 Å². The van der Waals surface area contributed by atoms with Crippen LogP contribution in [0, 0.1) is 10.1 Å². The van der Waals surface area contributed by atoms with Gasteiger partial charge in [-0.1, -0.05) is 11.3 Å². The molecule has 0 unspecified atom stereocenters. The van der Waals surface area contributed by atoms with Gasteiger partial charge in [0.25, 0.3) is 11.6 Å². The fraction of sp³-hybridized carbons (Fsp3) is 0.250. The van der Waals surface area contributed by atoms with Gasteiger partial charge < -0.3 is 9.84 Å². The molecule has 178 valence electrons. The number of phenols is 1. The van der Waals surface area contributed by atoms with E-state index in [0.717, 1.165) is 36.3 Å². The maximum absolute atomic E-state index is 12.7. The monoisotopic (exact) mass is 506 g/mol. The Labute approximate surface area is 197 Å². The number of benzene rings is 2. The van der Waals surface area contributed by atoms with Crippen LogP contribution in [-0.2, 0) is 19.6 Å². The second-order valence-electron chi connectivity index (χ2n) is 7.34. The Balaban J connectivity index is 1.42. The lowest BCUT2D eigenvalue weighted by molar-refractivity contribution is -0.384. The molecule has 2 N–H and O–H groups in total. The van der Waals surface area contributed by atoms with Crippen LogP contribution < -0.4 is 5.32 Å². The van der Waals surface area contributed by atoms with E-state index in [4.69, 9.17) is 4.74 Å². The van der Waals surface area contributed by atoms with Crippen molar-refractivity contribution in [3.8, 4) is 5.75 Å². The van der Waals surface area contributed by atoms with Gasteiger partial charge in [0.15, 0.2) is 11.7 Å². The van der Waals surface area contributed by atoms with Crippen molar-refractivity contribution in [3.63, 3.8) is 0 Å². The first-order valence-corrected chi connectivity index (χ1v) is 12.3.